The van der Waals surface area contributed by atoms with Gasteiger partial charge in [-0.25, -0.2) is 0 Å². The molecule has 0 aromatic rings. The molecule has 0 aromatic carbocycles. The summed E-state index contributed by atoms with van der Waals surface area (Å²) < 4.78 is 0. The lowest BCUT2D eigenvalue weighted by atomic mass is 10.2. The molecule has 0 amide bonds. The molecule has 0 nitrogen and oxygen atoms in total. The first kappa shape index (κ1) is 9.00. The van der Waals surface area contributed by atoms with Gasteiger partial charge in [-0.15, -0.1) is 0 Å². The zero-order valence-electron chi connectivity index (χ0n) is 7.83. The standard InChI is InChI=1S/C11H16P/c1-9-7-8-10(2)12(9)11-5-3-4-6-11/h3-6,9-10H,7-8H2,1-2H3/t9-,10-/m1/s1. The second-order valence-electron chi connectivity index (χ2n) is 3.83. The molecule has 2 rings (SSSR count). The first-order chi connectivity index (χ1) is 5.79. The summed E-state index contributed by atoms with van der Waals surface area (Å²) in [4.78, 5) is 0. The van der Waals surface area contributed by atoms with Gasteiger partial charge in [-0.2, -0.15) is 0 Å². The molecule has 0 unspecified atom stereocenters. The van der Waals surface area contributed by atoms with Crippen LogP contribution in [0.4, 0.5) is 0 Å². The minimum absolute atomic E-state index is 0.174. The van der Waals surface area contributed by atoms with Crippen molar-refractivity contribution in [3.63, 3.8) is 0 Å². The van der Waals surface area contributed by atoms with Crippen molar-refractivity contribution in [2.24, 2.45) is 0 Å². The van der Waals surface area contributed by atoms with E-state index < -0.39 is 0 Å². The van der Waals surface area contributed by atoms with Gasteiger partial charge in [-0.1, -0.05) is 21.8 Å². The van der Waals surface area contributed by atoms with Crippen LogP contribution in [-0.2, 0) is 0 Å². The van der Waals surface area contributed by atoms with E-state index in [-0.39, 0.29) is 7.92 Å². The highest BCUT2D eigenvalue weighted by Crippen LogP contribution is 2.65. The molecule has 65 valence electrons. The van der Waals surface area contributed by atoms with E-state index in [1.807, 2.05) is 0 Å². The molecule has 0 aromatic heterocycles. The second kappa shape index (κ2) is 3.66. The molecule has 0 bridgehead atoms. The molecule has 2 aliphatic rings. The van der Waals surface area contributed by atoms with E-state index in [1.165, 1.54) is 12.8 Å². The maximum absolute atomic E-state index is 2.42. The van der Waals surface area contributed by atoms with E-state index in [4.69, 9.17) is 0 Å². The van der Waals surface area contributed by atoms with Crippen LogP contribution in [0.1, 0.15) is 26.7 Å². The van der Waals surface area contributed by atoms with Crippen LogP contribution in [0.3, 0.4) is 0 Å². The molecule has 5 radical (unpaired) electrons. The van der Waals surface area contributed by atoms with Gasteiger partial charge < -0.3 is 0 Å². The average Bonchev–Trinajstić information content (AvgIpc) is 2.61. The highest BCUT2D eigenvalue weighted by molar-refractivity contribution is 7.63. The van der Waals surface area contributed by atoms with E-state index >= 15 is 0 Å². The largest absolute Gasteiger partial charge is 0.0930 e. The Bertz CT molecular complexity index is 139. The molecule has 1 saturated carbocycles. The van der Waals surface area contributed by atoms with Crippen molar-refractivity contribution in [1.29, 1.82) is 0 Å². The van der Waals surface area contributed by atoms with Gasteiger partial charge in [0.15, 0.2) is 0 Å². The lowest BCUT2D eigenvalue weighted by Crippen LogP contribution is -2.03. The van der Waals surface area contributed by atoms with Gasteiger partial charge in [0.2, 0.25) is 0 Å². The number of hydrogen-bond donors (Lipinski definition) is 0. The average molecular weight is 179 g/mol. The van der Waals surface area contributed by atoms with Crippen molar-refractivity contribution >= 4 is 7.92 Å². The van der Waals surface area contributed by atoms with E-state index in [0.29, 0.717) is 0 Å². The minimum Gasteiger partial charge on any atom is -0.0930 e. The fraction of sp³-hybridized carbons (Fsp3) is 0.545. The zero-order valence-corrected chi connectivity index (χ0v) is 8.72. The molecule has 1 aliphatic heterocycles. The normalized spacial score (nSPS) is 39.5. The van der Waals surface area contributed by atoms with Crippen LogP contribution < -0.4 is 0 Å². The Kier molecular flexibility index (Phi) is 2.75. The summed E-state index contributed by atoms with van der Waals surface area (Å²) in [6.07, 6.45) is 11.9. The first-order valence-electron chi connectivity index (χ1n) is 4.79. The summed E-state index contributed by atoms with van der Waals surface area (Å²) in [6.45, 7) is 4.84. The third kappa shape index (κ3) is 1.55. The summed E-state index contributed by atoms with van der Waals surface area (Å²) in [5.74, 6) is 0. The molecule has 0 N–H and O–H groups in total. The van der Waals surface area contributed by atoms with Crippen LogP contribution in [0, 0.1) is 31.3 Å². The molecule has 12 heavy (non-hydrogen) atoms. The number of rotatable bonds is 1. The highest BCUT2D eigenvalue weighted by Gasteiger charge is 2.37. The van der Waals surface area contributed by atoms with Crippen molar-refractivity contribution in [2.75, 3.05) is 0 Å². The van der Waals surface area contributed by atoms with Gasteiger partial charge >= 0.3 is 0 Å². The smallest absolute Gasteiger partial charge is 0.00801 e. The van der Waals surface area contributed by atoms with Crippen LogP contribution in [-0.4, -0.2) is 11.3 Å². The molecule has 1 saturated heterocycles. The van der Waals surface area contributed by atoms with Crippen LogP contribution in [0.25, 0.3) is 0 Å². The van der Waals surface area contributed by atoms with Gasteiger partial charge in [-0.05, 0) is 49.8 Å². The first-order valence-corrected chi connectivity index (χ1v) is 6.27. The molecule has 0 spiro atoms. The van der Waals surface area contributed by atoms with Crippen molar-refractivity contribution in [3.8, 4) is 0 Å². The van der Waals surface area contributed by atoms with Gasteiger partial charge in [0.25, 0.3) is 0 Å². The molecule has 2 fully saturated rings. The SMILES string of the molecule is C[C@@H]1CC[C@@H](C)P1[C]1[CH][CH][CH][CH]1. The molecule has 1 heteroatoms. The highest BCUT2D eigenvalue weighted by atomic mass is 31.1. The third-order valence-corrected chi connectivity index (χ3v) is 6.21. The van der Waals surface area contributed by atoms with Crippen LogP contribution in [0.15, 0.2) is 0 Å². The van der Waals surface area contributed by atoms with Gasteiger partial charge in [0, 0.05) is 5.66 Å². The van der Waals surface area contributed by atoms with Crippen LogP contribution in [0.2, 0.25) is 0 Å². The summed E-state index contributed by atoms with van der Waals surface area (Å²) in [5.41, 5.74) is 3.54. The monoisotopic (exact) mass is 179 g/mol. The quantitative estimate of drug-likeness (QED) is 0.541. The summed E-state index contributed by atoms with van der Waals surface area (Å²) in [7, 11) is 0.174. The van der Waals surface area contributed by atoms with Gasteiger partial charge in [-0.3, -0.25) is 0 Å². The van der Waals surface area contributed by atoms with E-state index in [9.17, 15) is 0 Å². The zero-order chi connectivity index (χ0) is 8.55. The molecule has 1 heterocycles. The summed E-state index contributed by atoms with van der Waals surface area (Å²) in [6, 6.07) is 0. The van der Waals surface area contributed by atoms with E-state index in [0.717, 1.165) is 11.3 Å². The summed E-state index contributed by atoms with van der Waals surface area (Å²) in [5, 5.41) is 0. The van der Waals surface area contributed by atoms with Crippen LogP contribution >= 0.6 is 7.92 Å². The Balaban J connectivity index is 1.99. The van der Waals surface area contributed by atoms with Crippen molar-refractivity contribution in [2.45, 2.75) is 38.0 Å². The Hall–Kier alpha value is 0.430. The Morgan fingerprint density at radius 1 is 1.08 bits per heavy atom. The molecule has 2 atom stereocenters. The van der Waals surface area contributed by atoms with Gasteiger partial charge in [0.05, 0.1) is 0 Å². The second-order valence-corrected chi connectivity index (χ2v) is 6.92. The lowest BCUT2D eigenvalue weighted by molar-refractivity contribution is 0.777. The molecular weight excluding hydrogens is 163 g/mol. The van der Waals surface area contributed by atoms with E-state index in [2.05, 4.69) is 39.5 Å². The maximum atomic E-state index is 2.42. The van der Waals surface area contributed by atoms with Crippen molar-refractivity contribution in [3.05, 3.63) is 31.3 Å². The summed E-state index contributed by atoms with van der Waals surface area (Å²) >= 11 is 0. The molecular formula is C11H16P. The minimum atomic E-state index is 0.174. The molecule has 1 aliphatic carbocycles. The Morgan fingerprint density at radius 2 is 1.58 bits per heavy atom. The Morgan fingerprint density at radius 3 is 2.08 bits per heavy atom. The van der Waals surface area contributed by atoms with E-state index in [1.54, 1.807) is 5.66 Å². The number of hydrogen-bond acceptors (Lipinski definition) is 0. The predicted octanol–water partition coefficient (Wildman–Crippen LogP) is 3.40. The Labute approximate surface area is 77.9 Å². The van der Waals surface area contributed by atoms with Crippen LogP contribution in [0.5, 0.6) is 0 Å². The van der Waals surface area contributed by atoms with Crippen molar-refractivity contribution < 1.29 is 0 Å². The topological polar surface area (TPSA) is 0 Å². The maximum Gasteiger partial charge on any atom is 0.00801 e. The lowest BCUT2D eigenvalue weighted by Gasteiger charge is -2.26. The van der Waals surface area contributed by atoms with Crippen molar-refractivity contribution in [1.82, 2.24) is 0 Å². The predicted molar refractivity (Wildman–Crippen MR) is 55.5 cm³/mol. The third-order valence-electron chi connectivity index (χ3n) is 2.90. The fourth-order valence-electron chi connectivity index (χ4n) is 2.24. The van der Waals surface area contributed by atoms with Gasteiger partial charge in [0.1, 0.15) is 0 Å². The fourth-order valence-corrected chi connectivity index (χ4v) is 5.50.